The van der Waals surface area contributed by atoms with Gasteiger partial charge in [-0.3, -0.25) is 4.74 Å². The Morgan fingerprint density at radius 1 is 0.558 bits per heavy atom. The molecule has 224 valence electrons. The van der Waals surface area contributed by atoms with Gasteiger partial charge in [-0.25, -0.2) is 0 Å². The Labute approximate surface area is 253 Å². The van der Waals surface area contributed by atoms with Crippen LogP contribution in [0.25, 0.3) is 0 Å². The summed E-state index contributed by atoms with van der Waals surface area (Å²) in [5.41, 5.74) is 4.19. The van der Waals surface area contributed by atoms with Gasteiger partial charge in [0.25, 0.3) is 5.97 Å². The van der Waals surface area contributed by atoms with Crippen LogP contribution < -0.4 is 0 Å². The molecule has 0 N–H and O–H groups in total. The molecule has 43 heavy (non-hydrogen) atoms. The Kier molecular flexibility index (Phi) is 9.92. The molecule has 2 fully saturated rings. The molecule has 2 heterocycles. The highest BCUT2D eigenvalue weighted by molar-refractivity contribution is 5.16. The Hall–Kier alpha value is -3.40. The lowest BCUT2D eigenvalue weighted by Crippen LogP contribution is -2.59. The van der Waals surface area contributed by atoms with Crippen molar-refractivity contribution in [1.82, 2.24) is 0 Å². The fourth-order valence-corrected chi connectivity index (χ4v) is 5.37. The van der Waals surface area contributed by atoms with Crippen molar-refractivity contribution in [2.75, 3.05) is 6.61 Å². The molecule has 0 radical (unpaired) electrons. The second-order valence-electron chi connectivity index (χ2n) is 10.9. The van der Waals surface area contributed by atoms with E-state index in [0.717, 1.165) is 22.3 Å². The van der Waals surface area contributed by atoms with Gasteiger partial charge in [-0.05, 0) is 22.3 Å². The number of ether oxygens (including phenoxy) is 7. The average Bonchev–Trinajstić information content (AvgIpc) is 3.40. The monoisotopic (exact) mass is 582 g/mol. The topological polar surface area (TPSA) is 64.6 Å². The highest BCUT2D eigenvalue weighted by atomic mass is 16.9. The second-order valence-corrected chi connectivity index (χ2v) is 10.9. The summed E-state index contributed by atoms with van der Waals surface area (Å²) in [6.45, 7) is 3.59. The smallest absolute Gasteiger partial charge is 0.283 e. The van der Waals surface area contributed by atoms with Gasteiger partial charge in [-0.15, -0.1) is 0 Å². The van der Waals surface area contributed by atoms with E-state index in [9.17, 15) is 0 Å². The number of rotatable bonds is 13. The summed E-state index contributed by atoms with van der Waals surface area (Å²) in [6, 6.07) is 40.1. The summed E-state index contributed by atoms with van der Waals surface area (Å²) in [5, 5.41) is 0. The van der Waals surface area contributed by atoms with E-state index < -0.39 is 36.7 Å². The third-order valence-electron chi connectivity index (χ3n) is 7.58. The van der Waals surface area contributed by atoms with Crippen LogP contribution in [0.1, 0.15) is 29.2 Å². The van der Waals surface area contributed by atoms with E-state index in [1.165, 1.54) is 0 Å². The summed E-state index contributed by atoms with van der Waals surface area (Å²) in [6.07, 6.45) is -2.82. The first-order chi connectivity index (χ1) is 21.2. The van der Waals surface area contributed by atoms with Gasteiger partial charge in [0.2, 0.25) is 0 Å². The lowest BCUT2D eigenvalue weighted by atomic mass is 9.98. The van der Waals surface area contributed by atoms with Crippen molar-refractivity contribution < 1.29 is 33.2 Å². The van der Waals surface area contributed by atoms with Crippen LogP contribution in [-0.4, -0.2) is 43.3 Å². The molecule has 0 bridgehead atoms. The first-order valence-corrected chi connectivity index (χ1v) is 14.8. The molecule has 0 spiro atoms. The van der Waals surface area contributed by atoms with Gasteiger partial charge in [0, 0.05) is 6.92 Å². The summed E-state index contributed by atoms with van der Waals surface area (Å²) in [5.74, 6) is -1.33. The standard InChI is InChI=1S/C36H38O7/c1-36(40-25-30-20-12-5-13-21-30)42-34-33(39-24-29-18-10-4-11-19-29)32(38-23-28-16-8-3-9-17-28)31(41-35(34)43-36)26-37-22-27-14-6-2-7-15-27/h2-21,31-35H,22-26H2,1H3/t31-,32-,33+,34-,35-,36?/m1/s1. The van der Waals surface area contributed by atoms with Crippen LogP contribution in [0, 0.1) is 0 Å². The maximum absolute atomic E-state index is 6.61. The van der Waals surface area contributed by atoms with E-state index in [1.807, 2.05) is 121 Å². The van der Waals surface area contributed by atoms with Gasteiger partial charge in [-0.1, -0.05) is 121 Å². The van der Waals surface area contributed by atoms with Crippen LogP contribution in [0.2, 0.25) is 0 Å². The first kappa shape index (κ1) is 29.7. The Bertz CT molecular complexity index is 1370. The van der Waals surface area contributed by atoms with Crippen LogP contribution in [-0.2, 0) is 59.6 Å². The lowest BCUT2D eigenvalue weighted by molar-refractivity contribution is -0.349. The minimum Gasteiger partial charge on any atom is -0.374 e. The van der Waals surface area contributed by atoms with E-state index in [0.29, 0.717) is 26.4 Å². The van der Waals surface area contributed by atoms with Crippen LogP contribution in [0.15, 0.2) is 121 Å². The molecule has 0 amide bonds. The Morgan fingerprint density at radius 3 is 1.56 bits per heavy atom. The van der Waals surface area contributed by atoms with E-state index in [4.69, 9.17) is 33.2 Å². The lowest BCUT2D eigenvalue weighted by Gasteiger charge is -2.42. The minimum absolute atomic E-state index is 0.285. The molecule has 0 saturated carbocycles. The molecule has 7 nitrogen and oxygen atoms in total. The zero-order valence-corrected chi connectivity index (χ0v) is 24.3. The molecular weight excluding hydrogens is 544 g/mol. The number of benzene rings is 4. The predicted molar refractivity (Wildman–Crippen MR) is 160 cm³/mol. The normalized spacial score (nSPS) is 26.7. The maximum atomic E-state index is 6.61. The van der Waals surface area contributed by atoms with Crippen molar-refractivity contribution in [2.24, 2.45) is 0 Å². The summed E-state index contributed by atoms with van der Waals surface area (Å²) >= 11 is 0. The van der Waals surface area contributed by atoms with E-state index in [-0.39, 0.29) is 6.61 Å². The van der Waals surface area contributed by atoms with E-state index in [1.54, 1.807) is 6.92 Å². The number of hydrogen-bond acceptors (Lipinski definition) is 7. The van der Waals surface area contributed by atoms with Crippen molar-refractivity contribution >= 4 is 0 Å². The third kappa shape index (κ3) is 7.96. The van der Waals surface area contributed by atoms with Crippen molar-refractivity contribution in [2.45, 2.75) is 70.0 Å². The van der Waals surface area contributed by atoms with Gasteiger partial charge >= 0.3 is 0 Å². The zero-order valence-electron chi connectivity index (χ0n) is 24.3. The molecule has 2 aliphatic heterocycles. The van der Waals surface area contributed by atoms with Crippen LogP contribution in [0.5, 0.6) is 0 Å². The molecule has 0 aliphatic carbocycles. The van der Waals surface area contributed by atoms with Gasteiger partial charge in [-0.2, -0.15) is 0 Å². The highest BCUT2D eigenvalue weighted by Crippen LogP contribution is 2.40. The molecule has 4 aromatic rings. The second kappa shape index (κ2) is 14.4. The molecule has 2 saturated heterocycles. The molecule has 6 rings (SSSR count). The average molecular weight is 583 g/mol. The third-order valence-corrected chi connectivity index (χ3v) is 7.58. The van der Waals surface area contributed by atoms with Crippen molar-refractivity contribution in [3.05, 3.63) is 144 Å². The fraction of sp³-hybridized carbons (Fsp3) is 0.333. The number of hydrogen-bond donors (Lipinski definition) is 0. The zero-order chi connectivity index (χ0) is 29.3. The molecule has 0 aromatic heterocycles. The Balaban J connectivity index is 1.22. The maximum Gasteiger partial charge on any atom is 0.283 e. The highest BCUT2D eigenvalue weighted by Gasteiger charge is 2.57. The summed E-state index contributed by atoms with van der Waals surface area (Å²) in [4.78, 5) is 0. The van der Waals surface area contributed by atoms with Crippen molar-refractivity contribution in [1.29, 1.82) is 0 Å². The predicted octanol–water partition coefficient (Wildman–Crippen LogP) is 6.40. The fourth-order valence-electron chi connectivity index (χ4n) is 5.37. The van der Waals surface area contributed by atoms with Crippen LogP contribution in [0.3, 0.4) is 0 Å². The molecule has 6 atom stereocenters. The Morgan fingerprint density at radius 2 is 1.02 bits per heavy atom. The summed E-state index contributed by atoms with van der Waals surface area (Å²) < 4.78 is 44.8. The van der Waals surface area contributed by atoms with Crippen LogP contribution >= 0.6 is 0 Å². The molecule has 1 unspecified atom stereocenters. The van der Waals surface area contributed by atoms with Gasteiger partial charge in [0.1, 0.15) is 24.4 Å². The quantitative estimate of drug-likeness (QED) is 0.181. The molecule has 7 heteroatoms. The largest absolute Gasteiger partial charge is 0.374 e. The van der Waals surface area contributed by atoms with Crippen molar-refractivity contribution in [3.63, 3.8) is 0 Å². The molecule has 4 aromatic carbocycles. The van der Waals surface area contributed by atoms with Gasteiger partial charge in [0.05, 0.1) is 33.0 Å². The SMILES string of the molecule is CC1(OCc2ccccc2)O[C@H]2O[C@H](COCc3ccccc3)[C@@H](OCc3ccccc3)[C@H](OCc3ccccc3)[C@H]2O1. The van der Waals surface area contributed by atoms with Crippen molar-refractivity contribution in [3.8, 4) is 0 Å². The first-order valence-electron chi connectivity index (χ1n) is 14.8. The van der Waals surface area contributed by atoms with Crippen LogP contribution in [0.4, 0.5) is 0 Å². The van der Waals surface area contributed by atoms with Gasteiger partial charge < -0.3 is 28.4 Å². The minimum atomic E-state index is -1.33. The molecular formula is C36H38O7. The number of fused-ring (bicyclic) bond motifs is 1. The van der Waals surface area contributed by atoms with Gasteiger partial charge in [0.15, 0.2) is 6.29 Å². The van der Waals surface area contributed by atoms with E-state index in [2.05, 4.69) is 0 Å². The summed E-state index contributed by atoms with van der Waals surface area (Å²) in [7, 11) is 0. The molecule has 2 aliphatic rings. The van der Waals surface area contributed by atoms with E-state index >= 15 is 0 Å².